The number of nitrogens with zero attached hydrogens (tertiary/aromatic N) is 1. The standard InChI is InChI=1S/C28H33NO3S.ClH/c30-22-11-14-24-25(19-22)33-28(21-7-3-1-4-8-21)26(24)27(31)20-9-12-23(13-10-20)32-18-17-29-15-5-2-6-16-29;/h9-14,19,21,30H,1-8,15-18H2;1H. The second-order valence-electron chi connectivity index (χ2n) is 9.46. The minimum absolute atomic E-state index is 0. The Hall–Kier alpha value is -2.08. The molecule has 3 aromatic rings. The summed E-state index contributed by atoms with van der Waals surface area (Å²) in [5.41, 5.74) is 1.53. The first-order chi connectivity index (χ1) is 16.2. The molecule has 2 heterocycles. The largest absolute Gasteiger partial charge is 0.508 e. The van der Waals surface area contributed by atoms with Gasteiger partial charge in [0.2, 0.25) is 0 Å². The molecule has 2 fully saturated rings. The number of carbonyl (C=O) groups is 1. The van der Waals surface area contributed by atoms with Crippen LogP contribution in [0.25, 0.3) is 10.1 Å². The van der Waals surface area contributed by atoms with Gasteiger partial charge in [-0.2, -0.15) is 0 Å². The normalized spacial score (nSPS) is 17.4. The van der Waals surface area contributed by atoms with Crippen molar-refractivity contribution in [2.45, 2.75) is 57.3 Å². The van der Waals surface area contributed by atoms with Crippen LogP contribution < -0.4 is 4.74 Å². The van der Waals surface area contributed by atoms with Crippen LogP contribution in [0.4, 0.5) is 0 Å². The predicted octanol–water partition coefficient (Wildman–Crippen LogP) is 7.17. The monoisotopic (exact) mass is 499 g/mol. The molecule has 0 spiro atoms. The van der Waals surface area contributed by atoms with Crippen molar-refractivity contribution < 1.29 is 14.6 Å². The van der Waals surface area contributed by atoms with Crippen molar-refractivity contribution in [2.75, 3.05) is 26.2 Å². The van der Waals surface area contributed by atoms with Crippen molar-refractivity contribution >= 4 is 39.6 Å². The van der Waals surface area contributed by atoms with Gasteiger partial charge in [-0.1, -0.05) is 25.7 Å². The van der Waals surface area contributed by atoms with Gasteiger partial charge in [0.15, 0.2) is 5.78 Å². The molecule has 34 heavy (non-hydrogen) atoms. The number of ketones is 1. The number of ether oxygens (including phenoxy) is 1. The van der Waals surface area contributed by atoms with Crippen LogP contribution in [0.1, 0.15) is 78.1 Å². The zero-order valence-electron chi connectivity index (χ0n) is 19.6. The van der Waals surface area contributed by atoms with Crippen molar-refractivity contribution in [1.29, 1.82) is 0 Å². The van der Waals surface area contributed by atoms with E-state index in [0.717, 1.165) is 40.8 Å². The Kier molecular flexibility index (Phi) is 8.51. The maximum absolute atomic E-state index is 13.7. The Morgan fingerprint density at radius 1 is 0.971 bits per heavy atom. The van der Waals surface area contributed by atoms with Crippen LogP contribution in [0.3, 0.4) is 0 Å². The second kappa shape index (κ2) is 11.6. The van der Waals surface area contributed by atoms with Crippen LogP contribution in [0.2, 0.25) is 0 Å². The zero-order valence-corrected chi connectivity index (χ0v) is 21.3. The highest BCUT2D eigenvalue weighted by Crippen LogP contribution is 2.44. The van der Waals surface area contributed by atoms with Crippen LogP contribution >= 0.6 is 23.7 Å². The van der Waals surface area contributed by atoms with E-state index < -0.39 is 0 Å². The number of aromatic hydroxyl groups is 1. The molecule has 2 aliphatic rings. The number of fused-ring (bicyclic) bond motifs is 1. The van der Waals surface area contributed by atoms with Gasteiger partial charge in [-0.25, -0.2) is 0 Å². The van der Waals surface area contributed by atoms with Gasteiger partial charge in [0.25, 0.3) is 0 Å². The maximum atomic E-state index is 13.7. The second-order valence-corrected chi connectivity index (χ2v) is 10.5. The van der Waals surface area contributed by atoms with Crippen molar-refractivity contribution in [3.05, 3.63) is 58.5 Å². The van der Waals surface area contributed by atoms with Gasteiger partial charge in [-0.3, -0.25) is 9.69 Å². The average molecular weight is 500 g/mol. The quantitative estimate of drug-likeness (QED) is 0.350. The van der Waals surface area contributed by atoms with Crippen LogP contribution in [-0.4, -0.2) is 42.0 Å². The van der Waals surface area contributed by atoms with Gasteiger partial charge < -0.3 is 9.84 Å². The molecule has 182 valence electrons. The highest BCUT2D eigenvalue weighted by molar-refractivity contribution is 7.19. The Balaban J connectivity index is 0.00000274. The van der Waals surface area contributed by atoms with Gasteiger partial charge in [-0.15, -0.1) is 23.7 Å². The SMILES string of the molecule is Cl.O=C(c1ccc(OCCN2CCCCC2)cc1)c1c(C2CCCCC2)sc2cc(O)ccc12. The number of rotatable bonds is 7. The summed E-state index contributed by atoms with van der Waals surface area (Å²) < 4.78 is 6.95. The molecule has 2 aromatic carbocycles. The van der Waals surface area contributed by atoms with E-state index in [2.05, 4.69) is 4.90 Å². The van der Waals surface area contributed by atoms with E-state index in [9.17, 15) is 9.90 Å². The molecule has 1 aliphatic heterocycles. The first kappa shape index (κ1) is 25.0. The molecule has 0 radical (unpaired) electrons. The molecule has 1 N–H and O–H groups in total. The number of hydrogen-bond donors (Lipinski definition) is 1. The fraction of sp³-hybridized carbons (Fsp3) is 0.464. The summed E-state index contributed by atoms with van der Waals surface area (Å²) in [6, 6.07) is 13.0. The molecule has 0 amide bonds. The third-order valence-electron chi connectivity index (χ3n) is 7.15. The number of thiophene rings is 1. The number of phenols is 1. The predicted molar refractivity (Wildman–Crippen MR) is 142 cm³/mol. The topological polar surface area (TPSA) is 49.8 Å². The van der Waals surface area contributed by atoms with E-state index in [1.165, 1.54) is 56.5 Å². The molecular weight excluding hydrogens is 466 g/mol. The average Bonchev–Trinajstić information content (AvgIpc) is 3.24. The van der Waals surface area contributed by atoms with Crippen molar-refractivity contribution in [3.63, 3.8) is 0 Å². The number of carbonyl (C=O) groups excluding carboxylic acids is 1. The molecule has 5 rings (SSSR count). The lowest BCUT2D eigenvalue weighted by Gasteiger charge is -2.26. The van der Waals surface area contributed by atoms with Crippen LogP contribution in [0.5, 0.6) is 11.5 Å². The van der Waals surface area contributed by atoms with Gasteiger partial charge in [0, 0.05) is 32.6 Å². The molecule has 1 saturated heterocycles. The minimum atomic E-state index is 0. The maximum Gasteiger partial charge on any atom is 0.194 e. The first-order valence-corrected chi connectivity index (χ1v) is 13.3. The van der Waals surface area contributed by atoms with Gasteiger partial charge in [0.05, 0.1) is 0 Å². The zero-order chi connectivity index (χ0) is 22.6. The summed E-state index contributed by atoms with van der Waals surface area (Å²) in [6.45, 7) is 3.98. The van der Waals surface area contributed by atoms with Crippen molar-refractivity contribution in [3.8, 4) is 11.5 Å². The molecule has 0 unspecified atom stereocenters. The Bertz CT molecular complexity index is 1100. The van der Waals surface area contributed by atoms with Gasteiger partial charge in [0.1, 0.15) is 18.1 Å². The number of piperidine rings is 1. The summed E-state index contributed by atoms with van der Waals surface area (Å²) in [7, 11) is 0. The smallest absolute Gasteiger partial charge is 0.194 e. The van der Waals surface area contributed by atoms with Gasteiger partial charge in [-0.05, 0) is 87.2 Å². The lowest BCUT2D eigenvalue weighted by Crippen LogP contribution is -2.33. The Labute approximate surface area is 212 Å². The van der Waals surface area contributed by atoms with Crippen LogP contribution in [0, 0.1) is 0 Å². The Morgan fingerprint density at radius 3 is 2.41 bits per heavy atom. The lowest BCUT2D eigenvalue weighted by molar-refractivity contribution is 0.103. The molecule has 0 bridgehead atoms. The summed E-state index contributed by atoms with van der Waals surface area (Å²) in [4.78, 5) is 17.4. The molecule has 1 saturated carbocycles. The third-order valence-corrected chi connectivity index (χ3v) is 8.46. The number of benzene rings is 2. The van der Waals surface area contributed by atoms with E-state index in [1.54, 1.807) is 23.5 Å². The minimum Gasteiger partial charge on any atom is -0.508 e. The van der Waals surface area contributed by atoms with Crippen molar-refractivity contribution in [1.82, 2.24) is 4.90 Å². The summed E-state index contributed by atoms with van der Waals surface area (Å²) >= 11 is 1.69. The number of halogens is 1. The lowest BCUT2D eigenvalue weighted by atomic mass is 9.85. The number of hydrogen-bond acceptors (Lipinski definition) is 5. The fourth-order valence-corrected chi connectivity index (χ4v) is 6.72. The number of phenolic OH excluding ortho intramolecular Hbond substituents is 1. The van der Waals surface area contributed by atoms with E-state index in [4.69, 9.17) is 4.74 Å². The van der Waals surface area contributed by atoms with Crippen LogP contribution in [-0.2, 0) is 0 Å². The summed E-state index contributed by atoms with van der Waals surface area (Å²) in [5.74, 6) is 1.59. The van der Waals surface area contributed by atoms with E-state index >= 15 is 0 Å². The summed E-state index contributed by atoms with van der Waals surface area (Å²) in [5, 5.41) is 10.9. The molecule has 4 nitrogen and oxygen atoms in total. The first-order valence-electron chi connectivity index (χ1n) is 12.4. The van der Waals surface area contributed by atoms with Crippen molar-refractivity contribution in [2.24, 2.45) is 0 Å². The third kappa shape index (κ3) is 5.59. The van der Waals surface area contributed by atoms with Crippen LogP contribution in [0.15, 0.2) is 42.5 Å². The van der Waals surface area contributed by atoms with Gasteiger partial charge >= 0.3 is 0 Å². The Morgan fingerprint density at radius 2 is 1.68 bits per heavy atom. The fourth-order valence-electron chi connectivity index (χ4n) is 5.31. The van der Waals surface area contributed by atoms with E-state index in [0.29, 0.717) is 18.1 Å². The highest BCUT2D eigenvalue weighted by atomic mass is 35.5. The molecule has 0 atom stereocenters. The van der Waals surface area contributed by atoms with E-state index in [-0.39, 0.29) is 23.9 Å². The highest BCUT2D eigenvalue weighted by Gasteiger charge is 2.27. The summed E-state index contributed by atoms with van der Waals surface area (Å²) in [6.07, 6.45) is 9.93. The van der Waals surface area contributed by atoms with E-state index in [1.807, 2.05) is 30.3 Å². The molecule has 1 aliphatic carbocycles. The molecule has 1 aromatic heterocycles. The molecule has 6 heteroatoms. The number of likely N-dealkylation sites (tertiary alicyclic amines) is 1. The molecular formula is C28H34ClNO3S.